The molecule has 1 saturated heterocycles. The molecule has 2 fully saturated rings. The number of carbonyl (C=O) groups excluding carboxylic acids is 1. The van der Waals surface area contributed by atoms with Crippen LogP contribution in [0.5, 0.6) is 0 Å². The van der Waals surface area contributed by atoms with E-state index >= 15 is 0 Å². The molecule has 4 heteroatoms. The number of carbonyl (C=O) groups is 1. The van der Waals surface area contributed by atoms with Crippen LogP contribution in [0.3, 0.4) is 0 Å². The van der Waals surface area contributed by atoms with Gasteiger partial charge in [-0.25, -0.2) is 0 Å². The first-order valence-corrected chi connectivity index (χ1v) is 7.96. The molecule has 1 amide bonds. The summed E-state index contributed by atoms with van der Waals surface area (Å²) in [6, 6.07) is 8.26. The minimum Gasteiger partial charge on any atom is -0.327 e. The lowest BCUT2D eigenvalue weighted by Gasteiger charge is -2.29. The molecular weight excluding hydrogens is 262 g/mol. The average molecular weight is 287 g/mol. The predicted octanol–water partition coefficient (Wildman–Crippen LogP) is 1.99. The summed E-state index contributed by atoms with van der Waals surface area (Å²) >= 11 is 0. The summed E-state index contributed by atoms with van der Waals surface area (Å²) in [6.45, 7) is 4.52. The van der Waals surface area contributed by atoms with Crippen LogP contribution in [0.25, 0.3) is 0 Å². The maximum absolute atomic E-state index is 12.2. The maximum atomic E-state index is 12.2. The number of benzene rings is 1. The van der Waals surface area contributed by atoms with Crippen molar-refractivity contribution in [2.45, 2.75) is 32.2 Å². The molecule has 1 aliphatic carbocycles. The van der Waals surface area contributed by atoms with E-state index in [-0.39, 0.29) is 5.91 Å². The third-order valence-electron chi connectivity index (χ3n) is 4.90. The molecule has 114 valence electrons. The second-order valence-corrected chi connectivity index (χ2v) is 6.63. The number of fused-ring (bicyclic) bond motifs is 1. The Bertz CT molecular complexity index is 517. The van der Waals surface area contributed by atoms with Gasteiger partial charge in [0.25, 0.3) is 0 Å². The van der Waals surface area contributed by atoms with Gasteiger partial charge in [0.1, 0.15) is 0 Å². The fourth-order valence-corrected chi connectivity index (χ4v) is 3.86. The first-order chi connectivity index (χ1) is 10.1. The standard InChI is InChI=1S/C17H25N3O/c1-12-4-2-6-14(8-12)19-17(21)11-20-9-13-5-3-7-16(18)15(13)10-20/h2,4,6,8,13,15-16H,3,5,7,9-11,18H2,1H3,(H,19,21). The number of nitrogens with zero attached hydrogens (tertiary/aromatic N) is 1. The smallest absolute Gasteiger partial charge is 0.238 e. The third kappa shape index (κ3) is 3.44. The Kier molecular flexibility index (Phi) is 4.27. The van der Waals surface area contributed by atoms with Crippen LogP contribution < -0.4 is 11.1 Å². The van der Waals surface area contributed by atoms with Gasteiger partial charge in [0.15, 0.2) is 0 Å². The molecule has 4 nitrogen and oxygen atoms in total. The number of likely N-dealkylation sites (tertiary alicyclic amines) is 1. The van der Waals surface area contributed by atoms with Gasteiger partial charge < -0.3 is 11.1 Å². The van der Waals surface area contributed by atoms with Crippen LogP contribution in [-0.4, -0.2) is 36.5 Å². The highest BCUT2D eigenvalue weighted by Crippen LogP contribution is 2.35. The van der Waals surface area contributed by atoms with Crippen LogP contribution in [0.2, 0.25) is 0 Å². The molecule has 3 rings (SSSR count). The summed E-state index contributed by atoms with van der Waals surface area (Å²) in [6.07, 6.45) is 3.66. The first kappa shape index (κ1) is 14.5. The van der Waals surface area contributed by atoms with Crippen LogP contribution in [-0.2, 0) is 4.79 Å². The van der Waals surface area contributed by atoms with Gasteiger partial charge in [-0.05, 0) is 49.3 Å². The van der Waals surface area contributed by atoms with Gasteiger partial charge in [0, 0.05) is 24.8 Å². The number of amides is 1. The van der Waals surface area contributed by atoms with E-state index in [1.165, 1.54) is 12.8 Å². The Balaban J connectivity index is 1.54. The van der Waals surface area contributed by atoms with Crippen LogP contribution in [0.15, 0.2) is 24.3 Å². The van der Waals surface area contributed by atoms with E-state index in [1.54, 1.807) is 0 Å². The zero-order chi connectivity index (χ0) is 14.8. The fraction of sp³-hybridized carbons (Fsp3) is 0.588. The zero-order valence-corrected chi connectivity index (χ0v) is 12.7. The molecule has 0 aromatic heterocycles. The Hall–Kier alpha value is -1.39. The molecule has 1 heterocycles. The number of rotatable bonds is 3. The number of nitrogens with one attached hydrogen (secondary N) is 1. The summed E-state index contributed by atoms with van der Waals surface area (Å²) in [5, 5.41) is 2.99. The predicted molar refractivity (Wildman–Crippen MR) is 85.1 cm³/mol. The first-order valence-electron chi connectivity index (χ1n) is 7.96. The number of aryl methyl sites for hydroxylation is 1. The lowest BCUT2D eigenvalue weighted by molar-refractivity contribution is -0.117. The van der Waals surface area contributed by atoms with Gasteiger partial charge in [-0.1, -0.05) is 18.6 Å². The molecule has 0 bridgehead atoms. The summed E-state index contributed by atoms with van der Waals surface area (Å²) < 4.78 is 0. The highest BCUT2D eigenvalue weighted by molar-refractivity contribution is 5.92. The Morgan fingerprint density at radius 1 is 1.38 bits per heavy atom. The van der Waals surface area contributed by atoms with Gasteiger partial charge in [-0.3, -0.25) is 9.69 Å². The fourth-order valence-electron chi connectivity index (χ4n) is 3.86. The van der Waals surface area contributed by atoms with Gasteiger partial charge in [-0.15, -0.1) is 0 Å². The average Bonchev–Trinajstić information content (AvgIpc) is 2.82. The van der Waals surface area contributed by atoms with Crippen LogP contribution in [0.1, 0.15) is 24.8 Å². The lowest BCUT2D eigenvalue weighted by Crippen LogP contribution is -2.38. The lowest BCUT2D eigenvalue weighted by atomic mass is 9.78. The second kappa shape index (κ2) is 6.16. The Labute approximate surface area is 126 Å². The molecule has 1 aromatic carbocycles. The summed E-state index contributed by atoms with van der Waals surface area (Å²) in [5.41, 5.74) is 8.27. The van der Waals surface area contributed by atoms with Crippen molar-refractivity contribution < 1.29 is 4.79 Å². The topological polar surface area (TPSA) is 58.4 Å². The molecule has 3 N–H and O–H groups in total. The van der Waals surface area contributed by atoms with Gasteiger partial charge in [0.05, 0.1) is 6.54 Å². The molecule has 21 heavy (non-hydrogen) atoms. The summed E-state index contributed by atoms with van der Waals surface area (Å²) in [4.78, 5) is 14.5. The zero-order valence-electron chi connectivity index (χ0n) is 12.7. The van der Waals surface area contributed by atoms with E-state index < -0.39 is 0 Å². The summed E-state index contributed by atoms with van der Waals surface area (Å²) in [7, 11) is 0. The van der Waals surface area contributed by atoms with Crippen molar-refractivity contribution in [3.63, 3.8) is 0 Å². The van der Waals surface area contributed by atoms with E-state index in [0.717, 1.165) is 30.8 Å². The molecular formula is C17H25N3O. The largest absolute Gasteiger partial charge is 0.327 e. The van der Waals surface area contributed by atoms with Gasteiger partial charge in [-0.2, -0.15) is 0 Å². The second-order valence-electron chi connectivity index (χ2n) is 6.63. The molecule has 1 saturated carbocycles. The number of hydrogen-bond acceptors (Lipinski definition) is 3. The SMILES string of the molecule is Cc1cccc(NC(=O)CN2CC3CCCC(N)C3C2)c1. The molecule has 2 aliphatic rings. The number of nitrogens with two attached hydrogens (primary N) is 1. The van der Waals surface area contributed by atoms with Crippen molar-refractivity contribution in [1.82, 2.24) is 4.90 Å². The van der Waals surface area contributed by atoms with Gasteiger partial charge >= 0.3 is 0 Å². The number of anilines is 1. The van der Waals surface area contributed by atoms with Crippen molar-refractivity contribution >= 4 is 11.6 Å². The Morgan fingerprint density at radius 3 is 3.00 bits per heavy atom. The van der Waals surface area contributed by atoms with Crippen molar-refractivity contribution in [2.75, 3.05) is 25.0 Å². The van der Waals surface area contributed by atoms with Crippen molar-refractivity contribution in [3.8, 4) is 0 Å². The monoisotopic (exact) mass is 287 g/mol. The minimum absolute atomic E-state index is 0.0767. The number of hydrogen-bond donors (Lipinski definition) is 2. The van der Waals surface area contributed by atoms with Crippen LogP contribution >= 0.6 is 0 Å². The van der Waals surface area contributed by atoms with Crippen molar-refractivity contribution in [2.24, 2.45) is 17.6 Å². The minimum atomic E-state index is 0.0767. The van der Waals surface area contributed by atoms with Crippen LogP contribution in [0, 0.1) is 18.8 Å². The van der Waals surface area contributed by atoms with E-state index in [1.807, 2.05) is 31.2 Å². The van der Waals surface area contributed by atoms with Crippen LogP contribution in [0.4, 0.5) is 5.69 Å². The molecule has 1 aliphatic heterocycles. The maximum Gasteiger partial charge on any atom is 0.238 e. The molecule has 0 spiro atoms. The normalized spacial score (nSPS) is 29.1. The van der Waals surface area contributed by atoms with Gasteiger partial charge in [0.2, 0.25) is 5.91 Å². The molecule has 3 unspecified atom stereocenters. The quantitative estimate of drug-likeness (QED) is 0.894. The summed E-state index contributed by atoms with van der Waals surface area (Å²) in [5.74, 6) is 1.36. The van der Waals surface area contributed by atoms with E-state index in [2.05, 4.69) is 10.2 Å². The van der Waals surface area contributed by atoms with Crippen molar-refractivity contribution in [3.05, 3.63) is 29.8 Å². The Morgan fingerprint density at radius 2 is 2.24 bits per heavy atom. The highest BCUT2D eigenvalue weighted by atomic mass is 16.2. The van der Waals surface area contributed by atoms with E-state index in [9.17, 15) is 4.79 Å². The van der Waals surface area contributed by atoms with E-state index in [0.29, 0.717) is 24.4 Å². The van der Waals surface area contributed by atoms with E-state index in [4.69, 9.17) is 5.73 Å². The highest BCUT2D eigenvalue weighted by Gasteiger charge is 2.38. The van der Waals surface area contributed by atoms with Crippen molar-refractivity contribution in [1.29, 1.82) is 0 Å². The molecule has 1 aromatic rings. The third-order valence-corrected chi connectivity index (χ3v) is 4.90. The molecule has 0 radical (unpaired) electrons. The molecule has 3 atom stereocenters.